The molecule has 2 aromatic heterocycles. The highest BCUT2D eigenvalue weighted by Crippen LogP contribution is 2.33. The highest BCUT2D eigenvalue weighted by Gasteiger charge is 2.18. The van der Waals surface area contributed by atoms with Gasteiger partial charge in [0.15, 0.2) is 5.82 Å². The van der Waals surface area contributed by atoms with Crippen LogP contribution in [0.1, 0.15) is 11.7 Å². The van der Waals surface area contributed by atoms with Crippen molar-refractivity contribution in [3.63, 3.8) is 0 Å². The maximum atomic E-state index is 5.82. The highest BCUT2D eigenvalue weighted by molar-refractivity contribution is 5.71. The van der Waals surface area contributed by atoms with E-state index in [2.05, 4.69) is 36.9 Å². The predicted octanol–water partition coefficient (Wildman–Crippen LogP) is 2.28. The third-order valence-corrected chi connectivity index (χ3v) is 4.21. The van der Waals surface area contributed by atoms with Gasteiger partial charge in [-0.2, -0.15) is 5.10 Å². The number of nitrogens with one attached hydrogen (secondary N) is 3. The summed E-state index contributed by atoms with van der Waals surface area (Å²) in [6.45, 7) is 2.41. The summed E-state index contributed by atoms with van der Waals surface area (Å²) in [7, 11) is 1.66. The van der Waals surface area contributed by atoms with E-state index in [0.717, 1.165) is 35.7 Å². The molecule has 0 amide bonds. The van der Waals surface area contributed by atoms with Gasteiger partial charge in [-0.25, -0.2) is 4.98 Å². The Labute approximate surface area is 151 Å². The molecular weight excluding hydrogens is 332 g/mol. The molecule has 1 atom stereocenters. The van der Waals surface area contributed by atoms with Gasteiger partial charge < -0.3 is 20.1 Å². The van der Waals surface area contributed by atoms with E-state index in [1.165, 1.54) is 0 Å². The molecule has 26 heavy (non-hydrogen) atoms. The molecule has 3 aromatic rings. The number of hydrogen-bond acceptors (Lipinski definition) is 7. The number of aromatic amines is 1. The molecule has 1 aliphatic heterocycles. The Morgan fingerprint density at radius 1 is 1.23 bits per heavy atom. The van der Waals surface area contributed by atoms with E-state index in [-0.39, 0.29) is 6.10 Å². The van der Waals surface area contributed by atoms with Crippen molar-refractivity contribution in [3.05, 3.63) is 48.4 Å². The second-order valence-electron chi connectivity index (χ2n) is 5.91. The summed E-state index contributed by atoms with van der Waals surface area (Å²) < 4.78 is 11.4. The molecule has 134 valence electrons. The SMILES string of the molecule is COc1cc([C@@H]2CNCCO2)ccc1-c1cc(Nc2cnccn2)n[nH]1. The van der Waals surface area contributed by atoms with E-state index in [1.807, 2.05) is 18.2 Å². The van der Waals surface area contributed by atoms with Crippen molar-refractivity contribution in [1.82, 2.24) is 25.5 Å². The molecule has 3 N–H and O–H groups in total. The summed E-state index contributed by atoms with van der Waals surface area (Å²) in [6, 6.07) is 8.01. The Bertz CT molecular complexity index is 861. The van der Waals surface area contributed by atoms with Gasteiger partial charge in [0.1, 0.15) is 11.6 Å². The Morgan fingerprint density at radius 3 is 2.96 bits per heavy atom. The maximum absolute atomic E-state index is 5.82. The lowest BCUT2D eigenvalue weighted by Gasteiger charge is -2.24. The standard InChI is InChI=1S/C18H20N6O2/c1-25-15-8-12(16-10-20-6-7-26-16)2-3-13(15)14-9-17(24-23-14)22-18-11-19-4-5-21-18/h2-5,8-9,11,16,20H,6-7,10H2,1H3,(H2,21,22,23,24)/t16-/m0/s1. The van der Waals surface area contributed by atoms with Crippen LogP contribution in [-0.4, -0.2) is 47.0 Å². The molecule has 1 fully saturated rings. The summed E-state index contributed by atoms with van der Waals surface area (Å²) in [6.07, 6.45) is 4.93. The molecule has 8 nitrogen and oxygen atoms in total. The Hall–Kier alpha value is -2.97. The quantitative estimate of drug-likeness (QED) is 0.648. The summed E-state index contributed by atoms with van der Waals surface area (Å²) in [5, 5.41) is 13.8. The van der Waals surface area contributed by atoms with Gasteiger partial charge >= 0.3 is 0 Å². The fourth-order valence-corrected chi connectivity index (χ4v) is 2.93. The van der Waals surface area contributed by atoms with Crippen LogP contribution in [0.5, 0.6) is 5.75 Å². The van der Waals surface area contributed by atoms with Crippen molar-refractivity contribution in [3.8, 4) is 17.0 Å². The first kappa shape index (κ1) is 16.5. The summed E-state index contributed by atoms with van der Waals surface area (Å²) >= 11 is 0. The van der Waals surface area contributed by atoms with Crippen molar-refractivity contribution in [2.75, 3.05) is 32.1 Å². The monoisotopic (exact) mass is 352 g/mol. The van der Waals surface area contributed by atoms with E-state index in [1.54, 1.807) is 25.7 Å². The number of nitrogens with zero attached hydrogens (tertiary/aromatic N) is 3. The number of anilines is 2. The maximum Gasteiger partial charge on any atom is 0.153 e. The molecule has 3 heterocycles. The van der Waals surface area contributed by atoms with Crippen LogP contribution in [0, 0.1) is 0 Å². The minimum Gasteiger partial charge on any atom is -0.496 e. The lowest BCUT2D eigenvalue weighted by Crippen LogP contribution is -2.33. The molecule has 4 rings (SSSR count). The largest absolute Gasteiger partial charge is 0.496 e. The van der Waals surface area contributed by atoms with Gasteiger partial charge in [-0.1, -0.05) is 6.07 Å². The predicted molar refractivity (Wildman–Crippen MR) is 97.5 cm³/mol. The van der Waals surface area contributed by atoms with E-state index in [4.69, 9.17) is 9.47 Å². The zero-order valence-corrected chi connectivity index (χ0v) is 14.4. The van der Waals surface area contributed by atoms with E-state index >= 15 is 0 Å². The third-order valence-electron chi connectivity index (χ3n) is 4.21. The first-order valence-corrected chi connectivity index (χ1v) is 8.42. The average Bonchev–Trinajstić information content (AvgIpc) is 3.17. The van der Waals surface area contributed by atoms with Gasteiger partial charge in [-0.05, 0) is 17.7 Å². The van der Waals surface area contributed by atoms with Crippen molar-refractivity contribution >= 4 is 11.6 Å². The van der Waals surface area contributed by atoms with E-state index in [0.29, 0.717) is 18.2 Å². The van der Waals surface area contributed by atoms with Crippen LogP contribution in [0.2, 0.25) is 0 Å². The molecule has 0 bridgehead atoms. The average molecular weight is 352 g/mol. The Morgan fingerprint density at radius 2 is 2.19 bits per heavy atom. The van der Waals surface area contributed by atoms with Crippen molar-refractivity contribution in [1.29, 1.82) is 0 Å². The van der Waals surface area contributed by atoms with Crippen LogP contribution in [0.3, 0.4) is 0 Å². The fraction of sp³-hybridized carbons (Fsp3) is 0.278. The van der Waals surface area contributed by atoms with Crippen LogP contribution >= 0.6 is 0 Å². The zero-order chi connectivity index (χ0) is 17.8. The number of morpholine rings is 1. The number of methoxy groups -OCH3 is 1. The Kier molecular flexibility index (Phi) is 4.76. The van der Waals surface area contributed by atoms with Crippen LogP contribution in [0.15, 0.2) is 42.9 Å². The first-order valence-electron chi connectivity index (χ1n) is 8.42. The normalized spacial score (nSPS) is 17.0. The minimum absolute atomic E-state index is 0.0438. The van der Waals surface area contributed by atoms with E-state index in [9.17, 15) is 0 Å². The lowest BCUT2D eigenvalue weighted by molar-refractivity contribution is 0.0276. The molecule has 1 aliphatic rings. The molecule has 0 aliphatic carbocycles. The second-order valence-corrected chi connectivity index (χ2v) is 5.91. The third kappa shape index (κ3) is 3.51. The van der Waals surface area contributed by atoms with Gasteiger partial charge in [0.2, 0.25) is 0 Å². The molecule has 0 saturated carbocycles. The molecule has 0 unspecified atom stereocenters. The van der Waals surface area contributed by atoms with Crippen LogP contribution in [0.25, 0.3) is 11.3 Å². The second kappa shape index (κ2) is 7.51. The summed E-state index contributed by atoms with van der Waals surface area (Å²) in [5.41, 5.74) is 2.87. The van der Waals surface area contributed by atoms with Gasteiger partial charge in [0, 0.05) is 37.1 Å². The first-order chi connectivity index (χ1) is 12.8. The highest BCUT2D eigenvalue weighted by atomic mass is 16.5. The van der Waals surface area contributed by atoms with Crippen molar-refractivity contribution in [2.45, 2.75) is 6.10 Å². The topological polar surface area (TPSA) is 97.0 Å². The van der Waals surface area contributed by atoms with Crippen molar-refractivity contribution < 1.29 is 9.47 Å². The number of H-pyrrole nitrogens is 1. The smallest absolute Gasteiger partial charge is 0.153 e. The minimum atomic E-state index is 0.0438. The number of ether oxygens (including phenoxy) is 2. The van der Waals surface area contributed by atoms with E-state index < -0.39 is 0 Å². The van der Waals surface area contributed by atoms with Gasteiger partial charge in [0.25, 0.3) is 0 Å². The summed E-state index contributed by atoms with van der Waals surface area (Å²) in [5.74, 6) is 2.06. The molecule has 0 spiro atoms. The Balaban J connectivity index is 1.57. The van der Waals surface area contributed by atoms with Crippen LogP contribution in [0.4, 0.5) is 11.6 Å². The molecule has 1 saturated heterocycles. The molecule has 1 aromatic carbocycles. The van der Waals surface area contributed by atoms with Crippen LogP contribution < -0.4 is 15.4 Å². The fourth-order valence-electron chi connectivity index (χ4n) is 2.93. The van der Waals surface area contributed by atoms with Crippen molar-refractivity contribution in [2.24, 2.45) is 0 Å². The number of benzene rings is 1. The number of rotatable bonds is 5. The molecular formula is C18H20N6O2. The molecule has 8 heteroatoms. The van der Waals surface area contributed by atoms with Gasteiger partial charge in [-0.15, -0.1) is 0 Å². The van der Waals surface area contributed by atoms with Gasteiger partial charge in [-0.3, -0.25) is 10.1 Å². The lowest BCUT2D eigenvalue weighted by atomic mass is 10.0. The number of aromatic nitrogens is 4. The van der Waals surface area contributed by atoms with Gasteiger partial charge in [0.05, 0.1) is 31.7 Å². The number of hydrogen-bond donors (Lipinski definition) is 3. The molecule has 0 radical (unpaired) electrons. The summed E-state index contributed by atoms with van der Waals surface area (Å²) in [4.78, 5) is 8.21. The van der Waals surface area contributed by atoms with Crippen LogP contribution in [-0.2, 0) is 4.74 Å². The zero-order valence-electron chi connectivity index (χ0n) is 14.4.